The summed E-state index contributed by atoms with van der Waals surface area (Å²) in [4.78, 5) is 25.8. The lowest BCUT2D eigenvalue weighted by Crippen LogP contribution is -2.15. The normalized spacial score (nSPS) is 12.3. The van der Waals surface area contributed by atoms with Gasteiger partial charge in [0.05, 0.1) is 5.02 Å². The smallest absolute Gasteiger partial charge is 0.350 e. The number of rotatable bonds is 6. The average molecular weight is 482 g/mol. The number of ketones is 1. The van der Waals surface area contributed by atoms with Crippen molar-refractivity contribution in [3.63, 3.8) is 0 Å². The Morgan fingerprint density at radius 3 is 2.70 bits per heavy atom. The summed E-state index contributed by atoms with van der Waals surface area (Å²) in [7, 11) is 0. The molecule has 0 fully saturated rings. The summed E-state index contributed by atoms with van der Waals surface area (Å²) in [6.45, 7) is 4.29. The number of aromatic nitrogens is 1. The molecule has 8 heteroatoms. The van der Waals surface area contributed by atoms with E-state index in [0.29, 0.717) is 22.0 Å². The van der Waals surface area contributed by atoms with Crippen LogP contribution in [0.3, 0.4) is 0 Å². The molecule has 0 N–H and O–H groups in total. The summed E-state index contributed by atoms with van der Waals surface area (Å²) in [5, 5.41) is 1.16. The van der Waals surface area contributed by atoms with E-state index < -0.39 is 5.97 Å². The molecule has 2 aromatic heterocycles. The zero-order valence-electron chi connectivity index (χ0n) is 18.0. The molecule has 1 aliphatic heterocycles. The molecule has 3 heterocycles. The van der Waals surface area contributed by atoms with E-state index in [1.165, 1.54) is 11.3 Å². The van der Waals surface area contributed by atoms with Crippen LogP contribution in [0.25, 0.3) is 10.1 Å². The Labute approximate surface area is 199 Å². The Balaban J connectivity index is 1.30. The van der Waals surface area contributed by atoms with E-state index in [1.54, 1.807) is 0 Å². The van der Waals surface area contributed by atoms with Crippen molar-refractivity contribution in [1.29, 1.82) is 0 Å². The molecule has 0 radical (unpaired) electrons. The number of hydrogen-bond acceptors (Lipinski definition) is 6. The zero-order chi connectivity index (χ0) is 23.1. The largest absolute Gasteiger partial charge is 0.454 e. The van der Waals surface area contributed by atoms with Crippen LogP contribution in [0.2, 0.25) is 5.02 Å². The van der Waals surface area contributed by atoms with Crippen molar-refractivity contribution < 1.29 is 23.8 Å². The van der Waals surface area contributed by atoms with Crippen LogP contribution in [0, 0.1) is 13.8 Å². The fourth-order valence-corrected chi connectivity index (χ4v) is 5.37. The molecule has 0 saturated heterocycles. The van der Waals surface area contributed by atoms with Gasteiger partial charge < -0.3 is 18.8 Å². The fraction of sp³-hybridized carbons (Fsp3) is 0.200. The van der Waals surface area contributed by atoms with Crippen LogP contribution in [-0.2, 0) is 11.3 Å². The van der Waals surface area contributed by atoms with Crippen LogP contribution in [-0.4, -0.2) is 29.7 Å². The van der Waals surface area contributed by atoms with Gasteiger partial charge in [-0.05, 0) is 43.7 Å². The Morgan fingerprint density at radius 2 is 1.88 bits per heavy atom. The van der Waals surface area contributed by atoms with E-state index in [1.807, 2.05) is 62.4 Å². The molecule has 33 heavy (non-hydrogen) atoms. The first kappa shape index (κ1) is 21.6. The van der Waals surface area contributed by atoms with Crippen molar-refractivity contribution in [2.45, 2.75) is 20.4 Å². The number of benzene rings is 2. The quantitative estimate of drug-likeness (QED) is 0.257. The van der Waals surface area contributed by atoms with Gasteiger partial charge in [0.2, 0.25) is 12.6 Å². The summed E-state index contributed by atoms with van der Waals surface area (Å²) >= 11 is 7.61. The highest BCUT2D eigenvalue weighted by atomic mass is 35.5. The molecule has 4 aromatic rings. The number of halogens is 1. The first-order valence-corrected chi connectivity index (χ1v) is 11.5. The monoisotopic (exact) mass is 481 g/mol. The summed E-state index contributed by atoms with van der Waals surface area (Å²) in [6.07, 6.45) is 0. The summed E-state index contributed by atoms with van der Waals surface area (Å²) in [6, 6.07) is 15.1. The maximum absolute atomic E-state index is 12.9. The number of Topliss-reactive ketones (excluding diaryl/α,β-unsaturated/α-hetero) is 1. The van der Waals surface area contributed by atoms with E-state index in [-0.39, 0.29) is 19.2 Å². The molecule has 0 saturated carbocycles. The lowest BCUT2D eigenvalue weighted by Gasteiger charge is -2.11. The van der Waals surface area contributed by atoms with Gasteiger partial charge in [-0.25, -0.2) is 4.79 Å². The van der Waals surface area contributed by atoms with E-state index in [9.17, 15) is 9.59 Å². The number of fused-ring (bicyclic) bond motifs is 2. The third-order valence-electron chi connectivity index (χ3n) is 5.71. The van der Waals surface area contributed by atoms with Crippen LogP contribution in [0.5, 0.6) is 11.5 Å². The average Bonchev–Trinajstić information content (AvgIpc) is 3.49. The highest BCUT2D eigenvalue weighted by Gasteiger charge is 2.22. The van der Waals surface area contributed by atoms with E-state index in [0.717, 1.165) is 38.5 Å². The Bertz CT molecular complexity index is 1400. The van der Waals surface area contributed by atoms with Crippen molar-refractivity contribution in [2.75, 3.05) is 13.4 Å². The number of carbonyl (C=O) groups is 2. The standard InChI is InChI=1S/C25H20ClNO5S/c1-14-9-18(15(2)27(14)11-16-7-8-20-21(10-16)32-13-31-20)19(28)12-30-25(29)24-23(26)17-5-3-4-6-22(17)33-24/h3-10H,11-13H2,1-2H3. The maximum Gasteiger partial charge on any atom is 0.350 e. The lowest BCUT2D eigenvalue weighted by atomic mass is 10.1. The van der Waals surface area contributed by atoms with Crippen molar-refractivity contribution in [2.24, 2.45) is 0 Å². The minimum Gasteiger partial charge on any atom is -0.454 e. The van der Waals surface area contributed by atoms with Crippen LogP contribution in [0.1, 0.15) is 37.0 Å². The van der Waals surface area contributed by atoms with Gasteiger partial charge in [0.25, 0.3) is 0 Å². The van der Waals surface area contributed by atoms with Gasteiger partial charge in [0, 0.05) is 33.6 Å². The molecule has 0 amide bonds. The minimum atomic E-state index is -0.594. The molecule has 0 spiro atoms. The second-order valence-electron chi connectivity index (χ2n) is 7.80. The number of esters is 1. The van der Waals surface area contributed by atoms with Crippen molar-refractivity contribution in [3.05, 3.63) is 80.9 Å². The predicted octanol–water partition coefficient (Wildman–Crippen LogP) is 5.79. The Morgan fingerprint density at radius 1 is 1.09 bits per heavy atom. The van der Waals surface area contributed by atoms with Crippen molar-refractivity contribution in [1.82, 2.24) is 4.57 Å². The SMILES string of the molecule is Cc1cc(C(=O)COC(=O)c2sc3ccccc3c2Cl)c(C)n1Cc1ccc2c(c1)OCO2. The first-order chi connectivity index (χ1) is 15.9. The van der Waals surface area contributed by atoms with Gasteiger partial charge in [-0.1, -0.05) is 35.9 Å². The van der Waals surface area contributed by atoms with Gasteiger partial charge in [-0.2, -0.15) is 0 Å². The number of ether oxygens (including phenoxy) is 3. The predicted molar refractivity (Wildman–Crippen MR) is 127 cm³/mol. The van der Waals surface area contributed by atoms with Crippen LogP contribution >= 0.6 is 22.9 Å². The third-order valence-corrected chi connectivity index (χ3v) is 7.36. The highest BCUT2D eigenvalue weighted by molar-refractivity contribution is 7.21. The molecule has 0 unspecified atom stereocenters. The number of carbonyl (C=O) groups excluding carboxylic acids is 2. The van der Waals surface area contributed by atoms with Gasteiger partial charge in [0.1, 0.15) is 4.88 Å². The number of thiophene rings is 1. The number of hydrogen-bond donors (Lipinski definition) is 0. The lowest BCUT2D eigenvalue weighted by molar-refractivity contribution is 0.0479. The van der Waals surface area contributed by atoms with Crippen molar-refractivity contribution >= 4 is 44.8 Å². The Kier molecular flexibility index (Phi) is 5.60. The number of aryl methyl sites for hydroxylation is 1. The first-order valence-electron chi connectivity index (χ1n) is 10.3. The summed E-state index contributed by atoms with van der Waals surface area (Å²) < 4.78 is 19.1. The van der Waals surface area contributed by atoms with Gasteiger partial charge in [-0.3, -0.25) is 4.79 Å². The maximum atomic E-state index is 12.9. The molecular weight excluding hydrogens is 462 g/mol. The van der Waals surface area contributed by atoms with Crippen LogP contribution in [0.4, 0.5) is 0 Å². The van der Waals surface area contributed by atoms with Gasteiger partial charge in [0.15, 0.2) is 18.1 Å². The summed E-state index contributed by atoms with van der Waals surface area (Å²) in [5.74, 6) is 0.600. The molecule has 1 aliphatic rings. The fourth-order valence-electron chi connectivity index (χ4n) is 3.97. The van der Waals surface area contributed by atoms with Crippen LogP contribution < -0.4 is 9.47 Å². The molecule has 0 bridgehead atoms. The van der Waals surface area contributed by atoms with E-state index in [4.69, 9.17) is 25.8 Å². The highest BCUT2D eigenvalue weighted by Crippen LogP contribution is 2.36. The van der Waals surface area contributed by atoms with E-state index in [2.05, 4.69) is 4.57 Å². The molecule has 0 aliphatic carbocycles. The second-order valence-corrected chi connectivity index (χ2v) is 9.23. The molecule has 5 rings (SSSR count). The Hall–Kier alpha value is -3.29. The molecular formula is C25H20ClNO5S. The number of nitrogens with zero attached hydrogens (tertiary/aromatic N) is 1. The minimum absolute atomic E-state index is 0.227. The van der Waals surface area contributed by atoms with Gasteiger partial charge >= 0.3 is 5.97 Å². The van der Waals surface area contributed by atoms with Crippen LogP contribution in [0.15, 0.2) is 48.5 Å². The molecule has 2 aromatic carbocycles. The molecule has 0 atom stereocenters. The van der Waals surface area contributed by atoms with Gasteiger partial charge in [-0.15, -0.1) is 11.3 Å². The summed E-state index contributed by atoms with van der Waals surface area (Å²) in [5.41, 5.74) is 3.31. The zero-order valence-corrected chi connectivity index (χ0v) is 19.6. The second kappa shape index (κ2) is 8.57. The third kappa shape index (κ3) is 3.98. The van der Waals surface area contributed by atoms with E-state index >= 15 is 0 Å². The molecule has 6 nitrogen and oxygen atoms in total. The van der Waals surface area contributed by atoms with Crippen molar-refractivity contribution in [3.8, 4) is 11.5 Å². The topological polar surface area (TPSA) is 66.8 Å². The molecule has 168 valence electrons.